The fourth-order valence-corrected chi connectivity index (χ4v) is 1.29. The Morgan fingerprint density at radius 1 is 1.25 bits per heavy atom. The Morgan fingerprint density at radius 3 is 2.69 bits per heavy atom. The van der Waals surface area contributed by atoms with Crippen molar-refractivity contribution in [3.63, 3.8) is 0 Å². The van der Waals surface area contributed by atoms with Crippen molar-refractivity contribution in [3.8, 4) is 0 Å². The summed E-state index contributed by atoms with van der Waals surface area (Å²) in [6.07, 6.45) is 3.71. The number of benzene rings is 1. The highest BCUT2D eigenvalue weighted by molar-refractivity contribution is 5.73. The van der Waals surface area contributed by atoms with Gasteiger partial charge in [0.05, 0.1) is 0 Å². The van der Waals surface area contributed by atoms with Crippen LogP contribution < -0.4 is 10.6 Å². The highest BCUT2D eigenvalue weighted by Crippen LogP contribution is 1.96. The summed E-state index contributed by atoms with van der Waals surface area (Å²) < 4.78 is 0. The molecule has 0 radical (unpaired) electrons. The van der Waals surface area contributed by atoms with Crippen LogP contribution in [0.25, 0.3) is 0 Å². The number of carbonyl (C=O) groups excluding carboxylic acids is 1. The predicted molar refractivity (Wildman–Crippen MR) is 66.1 cm³/mol. The topological polar surface area (TPSA) is 41.1 Å². The van der Waals surface area contributed by atoms with Gasteiger partial charge in [-0.3, -0.25) is 0 Å². The molecule has 0 bridgehead atoms. The fraction of sp³-hybridized carbons (Fsp3) is 0.308. The van der Waals surface area contributed by atoms with E-state index in [-0.39, 0.29) is 6.03 Å². The van der Waals surface area contributed by atoms with Crippen LogP contribution >= 0.6 is 0 Å². The molecule has 0 atom stereocenters. The van der Waals surface area contributed by atoms with E-state index in [1.54, 1.807) is 0 Å². The second-order valence-electron chi connectivity index (χ2n) is 3.53. The molecule has 0 aliphatic heterocycles. The van der Waals surface area contributed by atoms with Crippen molar-refractivity contribution < 1.29 is 4.79 Å². The molecule has 1 rings (SSSR count). The van der Waals surface area contributed by atoms with Crippen LogP contribution in [0.4, 0.5) is 4.79 Å². The van der Waals surface area contributed by atoms with Crippen molar-refractivity contribution in [2.45, 2.75) is 19.4 Å². The maximum atomic E-state index is 11.3. The van der Waals surface area contributed by atoms with Crippen molar-refractivity contribution >= 4 is 6.03 Å². The number of amides is 2. The lowest BCUT2D eigenvalue weighted by molar-refractivity contribution is 0.240. The zero-order valence-corrected chi connectivity index (χ0v) is 9.41. The predicted octanol–water partition coefficient (Wildman–Crippen LogP) is 2.45. The van der Waals surface area contributed by atoms with Crippen LogP contribution in [0.2, 0.25) is 0 Å². The van der Waals surface area contributed by atoms with E-state index >= 15 is 0 Å². The second kappa shape index (κ2) is 7.51. The normalized spacial score (nSPS) is 9.50. The number of urea groups is 1. The van der Waals surface area contributed by atoms with E-state index in [1.165, 1.54) is 0 Å². The molecule has 0 aliphatic rings. The highest BCUT2D eigenvalue weighted by atomic mass is 16.2. The third-order valence-corrected chi connectivity index (χ3v) is 2.17. The van der Waals surface area contributed by atoms with Crippen molar-refractivity contribution in [1.29, 1.82) is 0 Å². The molecule has 0 aromatic heterocycles. The first-order valence-electron chi connectivity index (χ1n) is 5.49. The van der Waals surface area contributed by atoms with Gasteiger partial charge >= 0.3 is 6.03 Å². The average Bonchev–Trinajstić information content (AvgIpc) is 2.33. The van der Waals surface area contributed by atoms with Crippen molar-refractivity contribution in [2.24, 2.45) is 0 Å². The minimum absolute atomic E-state index is 0.118. The zero-order chi connectivity index (χ0) is 11.6. The molecule has 1 aromatic rings. The Kier molecular flexibility index (Phi) is 5.78. The SMILES string of the molecule is C=CCCCNC(=O)NCc1ccccc1. The highest BCUT2D eigenvalue weighted by Gasteiger charge is 1.98. The van der Waals surface area contributed by atoms with Crippen LogP contribution in [-0.4, -0.2) is 12.6 Å². The van der Waals surface area contributed by atoms with Crippen LogP contribution in [0.15, 0.2) is 43.0 Å². The number of rotatable bonds is 6. The molecule has 3 nitrogen and oxygen atoms in total. The van der Waals surface area contributed by atoms with Gasteiger partial charge in [0.2, 0.25) is 0 Å². The molecule has 0 heterocycles. The maximum Gasteiger partial charge on any atom is 0.315 e. The lowest BCUT2D eigenvalue weighted by Crippen LogP contribution is -2.35. The van der Waals surface area contributed by atoms with Crippen LogP contribution in [0.3, 0.4) is 0 Å². The van der Waals surface area contributed by atoms with E-state index in [1.807, 2.05) is 36.4 Å². The van der Waals surface area contributed by atoms with Gasteiger partial charge in [-0.1, -0.05) is 36.4 Å². The van der Waals surface area contributed by atoms with E-state index in [4.69, 9.17) is 0 Å². The maximum absolute atomic E-state index is 11.3. The van der Waals surface area contributed by atoms with E-state index < -0.39 is 0 Å². The Labute approximate surface area is 96.6 Å². The zero-order valence-electron chi connectivity index (χ0n) is 9.41. The Bertz CT molecular complexity index is 322. The van der Waals surface area contributed by atoms with Gasteiger partial charge in [0.15, 0.2) is 0 Å². The summed E-state index contributed by atoms with van der Waals surface area (Å²) in [5, 5.41) is 5.59. The molecule has 2 amide bonds. The number of nitrogens with one attached hydrogen (secondary N) is 2. The summed E-state index contributed by atoms with van der Waals surface area (Å²) in [4.78, 5) is 11.3. The quantitative estimate of drug-likeness (QED) is 0.559. The van der Waals surface area contributed by atoms with Crippen LogP contribution in [-0.2, 0) is 6.54 Å². The van der Waals surface area contributed by atoms with Crippen molar-refractivity contribution in [3.05, 3.63) is 48.6 Å². The summed E-state index contributed by atoms with van der Waals surface area (Å²) in [7, 11) is 0. The second-order valence-corrected chi connectivity index (χ2v) is 3.53. The summed E-state index contributed by atoms with van der Waals surface area (Å²) >= 11 is 0. The minimum atomic E-state index is -0.118. The van der Waals surface area contributed by atoms with E-state index in [9.17, 15) is 4.79 Å². The van der Waals surface area contributed by atoms with E-state index in [0.29, 0.717) is 13.1 Å². The molecule has 1 aromatic carbocycles. The first-order chi connectivity index (χ1) is 7.83. The molecule has 0 saturated heterocycles. The van der Waals surface area contributed by atoms with Gasteiger partial charge < -0.3 is 10.6 Å². The molecule has 0 fully saturated rings. The number of hydrogen-bond acceptors (Lipinski definition) is 1. The average molecular weight is 218 g/mol. The lowest BCUT2D eigenvalue weighted by Gasteiger charge is -2.06. The fourth-order valence-electron chi connectivity index (χ4n) is 1.29. The summed E-state index contributed by atoms with van der Waals surface area (Å²) in [6.45, 7) is 4.88. The Balaban J connectivity index is 2.13. The van der Waals surface area contributed by atoms with Crippen molar-refractivity contribution in [2.75, 3.05) is 6.54 Å². The molecule has 86 valence electrons. The first-order valence-corrected chi connectivity index (χ1v) is 5.49. The number of hydrogen-bond donors (Lipinski definition) is 2. The van der Waals surface area contributed by atoms with Gasteiger partial charge in [-0.15, -0.1) is 6.58 Å². The van der Waals surface area contributed by atoms with Crippen molar-refractivity contribution in [1.82, 2.24) is 10.6 Å². The molecular formula is C13H18N2O. The number of unbranched alkanes of at least 4 members (excludes halogenated alkanes) is 1. The molecular weight excluding hydrogens is 200 g/mol. The lowest BCUT2D eigenvalue weighted by atomic mass is 10.2. The summed E-state index contributed by atoms with van der Waals surface area (Å²) in [5.74, 6) is 0. The largest absolute Gasteiger partial charge is 0.338 e. The smallest absolute Gasteiger partial charge is 0.315 e. The standard InChI is InChI=1S/C13H18N2O/c1-2-3-7-10-14-13(16)15-11-12-8-5-4-6-9-12/h2,4-6,8-9H,1,3,7,10-11H2,(H2,14,15,16). The molecule has 0 saturated carbocycles. The Morgan fingerprint density at radius 2 is 2.00 bits per heavy atom. The van der Waals surface area contributed by atoms with Gasteiger partial charge in [-0.25, -0.2) is 4.79 Å². The molecule has 2 N–H and O–H groups in total. The Hall–Kier alpha value is -1.77. The van der Waals surface area contributed by atoms with E-state index in [2.05, 4.69) is 17.2 Å². The van der Waals surface area contributed by atoms with E-state index in [0.717, 1.165) is 18.4 Å². The molecule has 0 unspecified atom stereocenters. The van der Waals surface area contributed by atoms with Crippen LogP contribution in [0.1, 0.15) is 18.4 Å². The van der Waals surface area contributed by atoms with Gasteiger partial charge in [0.1, 0.15) is 0 Å². The molecule has 0 aliphatic carbocycles. The van der Waals surface area contributed by atoms with Crippen LogP contribution in [0.5, 0.6) is 0 Å². The van der Waals surface area contributed by atoms with Gasteiger partial charge in [-0.2, -0.15) is 0 Å². The van der Waals surface area contributed by atoms with Gasteiger partial charge in [-0.05, 0) is 18.4 Å². The number of carbonyl (C=O) groups is 1. The molecule has 3 heteroatoms. The monoisotopic (exact) mass is 218 g/mol. The third-order valence-electron chi connectivity index (χ3n) is 2.17. The summed E-state index contributed by atoms with van der Waals surface area (Å²) in [5.41, 5.74) is 1.10. The van der Waals surface area contributed by atoms with Gasteiger partial charge in [0.25, 0.3) is 0 Å². The summed E-state index contributed by atoms with van der Waals surface area (Å²) in [6, 6.07) is 9.72. The minimum Gasteiger partial charge on any atom is -0.338 e. The third kappa shape index (κ3) is 5.20. The number of allylic oxidation sites excluding steroid dienone is 1. The van der Waals surface area contributed by atoms with Gasteiger partial charge in [0, 0.05) is 13.1 Å². The van der Waals surface area contributed by atoms with Crippen LogP contribution in [0, 0.1) is 0 Å². The first kappa shape index (κ1) is 12.3. The molecule has 0 spiro atoms. The molecule has 16 heavy (non-hydrogen) atoms.